The zero-order valence-electron chi connectivity index (χ0n) is 12.4. The summed E-state index contributed by atoms with van der Waals surface area (Å²) < 4.78 is 0. The summed E-state index contributed by atoms with van der Waals surface area (Å²) in [5, 5.41) is 5.77. The second kappa shape index (κ2) is 8.10. The predicted octanol–water partition coefficient (Wildman–Crippen LogP) is 3.68. The Labute approximate surface area is 126 Å². The summed E-state index contributed by atoms with van der Waals surface area (Å²) in [5.41, 5.74) is 2.41. The van der Waals surface area contributed by atoms with E-state index in [-0.39, 0.29) is 6.03 Å². The monoisotopic (exact) mass is 282 g/mol. The van der Waals surface area contributed by atoms with Gasteiger partial charge in [0.25, 0.3) is 0 Å². The molecule has 0 aliphatic carbocycles. The molecule has 0 aliphatic heterocycles. The van der Waals surface area contributed by atoms with Crippen LogP contribution in [0.1, 0.15) is 30.4 Å². The van der Waals surface area contributed by atoms with Gasteiger partial charge in [0.05, 0.1) is 0 Å². The van der Waals surface area contributed by atoms with E-state index in [4.69, 9.17) is 0 Å². The zero-order valence-corrected chi connectivity index (χ0v) is 12.4. The van der Waals surface area contributed by atoms with E-state index >= 15 is 0 Å². The molecule has 2 aromatic rings. The number of hydrogen-bond donors (Lipinski definition) is 2. The lowest BCUT2D eigenvalue weighted by Gasteiger charge is -2.13. The molecule has 2 amide bonds. The minimum absolute atomic E-state index is 0.112. The number of urea groups is 1. The van der Waals surface area contributed by atoms with Crippen LogP contribution in [0.3, 0.4) is 0 Å². The Morgan fingerprint density at radius 2 is 1.57 bits per heavy atom. The molecule has 3 heteroatoms. The Hall–Kier alpha value is -2.29. The quantitative estimate of drug-likeness (QED) is 0.833. The van der Waals surface area contributed by atoms with Gasteiger partial charge in [-0.3, -0.25) is 0 Å². The summed E-state index contributed by atoms with van der Waals surface area (Å²) in [4.78, 5) is 11.7. The molecule has 1 atom stereocenters. The normalized spacial score (nSPS) is 11.7. The average Bonchev–Trinajstić information content (AvgIpc) is 2.54. The Balaban J connectivity index is 1.65. The van der Waals surface area contributed by atoms with Crippen molar-refractivity contribution < 1.29 is 4.79 Å². The Bertz CT molecular complexity index is 540. The molecule has 21 heavy (non-hydrogen) atoms. The molecular formula is C18H22N2O. The van der Waals surface area contributed by atoms with E-state index in [2.05, 4.69) is 29.7 Å². The number of carbonyl (C=O) groups excluding carboxylic acids is 1. The molecule has 2 aromatic carbocycles. The number of benzene rings is 2. The molecule has 0 aliphatic rings. The molecule has 0 bridgehead atoms. The van der Waals surface area contributed by atoms with Gasteiger partial charge in [-0.05, 0) is 23.5 Å². The van der Waals surface area contributed by atoms with E-state index in [9.17, 15) is 4.79 Å². The van der Waals surface area contributed by atoms with Crippen LogP contribution in [0.25, 0.3) is 0 Å². The highest BCUT2D eigenvalue weighted by molar-refractivity contribution is 5.73. The van der Waals surface area contributed by atoms with Gasteiger partial charge in [0.1, 0.15) is 0 Å². The number of carbonyl (C=O) groups is 1. The van der Waals surface area contributed by atoms with Gasteiger partial charge in [-0.2, -0.15) is 0 Å². The van der Waals surface area contributed by atoms with Gasteiger partial charge in [-0.25, -0.2) is 4.79 Å². The molecule has 0 fully saturated rings. The third kappa shape index (κ3) is 5.30. The third-order valence-electron chi connectivity index (χ3n) is 3.53. The zero-order chi connectivity index (χ0) is 14.9. The van der Waals surface area contributed by atoms with Crippen LogP contribution >= 0.6 is 0 Å². The van der Waals surface area contributed by atoms with Crippen LogP contribution in [-0.2, 0) is 6.54 Å². The minimum atomic E-state index is -0.112. The van der Waals surface area contributed by atoms with Crippen molar-refractivity contribution in [3.63, 3.8) is 0 Å². The first-order chi connectivity index (χ1) is 10.3. The second-order valence-electron chi connectivity index (χ2n) is 5.20. The van der Waals surface area contributed by atoms with Crippen molar-refractivity contribution in [1.29, 1.82) is 0 Å². The highest BCUT2D eigenvalue weighted by Gasteiger charge is 2.05. The Morgan fingerprint density at radius 3 is 2.24 bits per heavy atom. The van der Waals surface area contributed by atoms with Gasteiger partial charge in [0, 0.05) is 13.1 Å². The van der Waals surface area contributed by atoms with Crippen molar-refractivity contribution in [3.8, 4) is 0 Å². The first-order valence-corrected chi connectivity index (χ1v) is 7.36. The maximum atomic E-state index is 11.7. The van der Waals surface area contributed by atoms with E-state index in [1.807, 2.05) is 48.5 Å². The largest absolute Gasteiger partial charge is 0.338 e. The van der Waals surface area contributed by atoms with Gasteiger partial charge >= 0.3 is 6.03 Å². The number of amides is 2. The van der Waals surface area contributed by atoms with Crippen LogP contribution in [-0.4, -0.2) is 12.6 Å². The summed E-state index contributed by atoms with van der Waals surface area (Å²) >= 11 is 0. The van der Waals surface area contributed by atoms with Gasteiger partial charge < -0.3 is 10.6 Å². The molecule has 0 heterocycles. The van der Waals surface area contributed by atoms with Crippen molar-refractivity contribution >= 4 is 6.03 Å². The number of nitrogens with one attached hydrogen (secondary N) is 2. The maximum absolute atomic E-state index is 11.7. The highest BCUT2D eigenvalue weighted by atomic mass is 16.2. The molecule has 110 valence electrons. The molecule has 3 nitrogen and oxygen atoms in total. The maximum Gasteiger partial charge on any atom is 0.315 e. The minimum Gasteiger partial charge on any atom is -0.338 e. The number of rotatable bonds is 6. The summed E-state index contributed by atoms with van der Waals surface area (Å²) in [6.45, 7) is 3.41. The molecule has 0 saturated heterocycles. The predicted molar refractivity (Wildman–Crippen MR) is 86.2 cm³/mol. The summed E-state index contributed by atoms with van der Waals surface area (Å²) in [5.74, 6) is 0.445. The summed E-state index contributed by atoms with van der Waals surface area (Å²) in [6, 6.07) is 20.2. The van der Waals surface area contributed by atoms with Crippen LogP contribution in [0.2, 0.25) is 0 Å². The van der Waals surface area contributed by atoms with E-state index in [1.165, 1.54) is 5.56 Å². The van der Waals surface area contributed by atoms with Crippen LogP contribution in [0.4, 0.5) is 4.79 Å². The van der Waals surface area contributed by atoms with E-state index in [0.29, 0.717) is 19.0 Å². The molecule has 0 radical (unpaired) electrons. The van der Waals surface area contributed by atoms with Crippen LogP contribution in [0.15, 0.2) is 60.7 Å². The van der Waals surface area contributed by atoms with Crippen molar-refractivity contribution in [2.24, 2.45) is 0 Å². The van der Waals surface area contributed by atoms with E-state index < -0.39 is 0 Å². The fourth-order valence-electron chi connectivity index (χ4n) is 2.19. The molecule has 0 aromatic heterocycles. The SMILES string of the molecule is CC(CCNC(=O)NCc1ccccc1)c1ccccc1. The van der Waals surface area contributed by atoms with Crippen molar-refractivity contribution in [2.75, 3.05) is 6.54 Å². The summed E-state index contributed by atoms with van der Waals surface area (Å²) in [7, 11) is 0. The van der Waals surface area contributed by atoms with Gasteiger partial charge in [0.2, 0.25) is 0 Å². The fraction of sp³-hybridized carbons (Fsp3) is 0.278. The average molecular weight is 282 g/mol. The summed E-state index contributed by atoms with van der Waals surface area (Å²) in [6.07, 6.45) is 0.933. The molecular weight excluding hydrogens is 260 g/mol. The standard InChI is InChI=1S/C18H22N2O/c1-15(17-10-6-3-7-11-17)12-13-19-18(21)20-14-16-8-4-2-5-9-16/h2-11,15H,12-14H2,1H3,(H2,19,20,21). The first-order valence-electron chi connectivity index (χ1n) is 7.36. The van der Waals surface area contributed by atoms with E-state index in [0.717, 1.165) is 12.0 Å². The molecule has 1 unspecified atom stereocenters. The number of hydrogen-bond acceptors (Lipinski definition) is 1. The van der Waals surface area contributed by atoms with E-state index in [1.54, 1.807) is 0 Å². The lowest BCUT2D eigenvalue weighted by Crippen LogP contribution is -2.35. The third-order valence-corrected chi connectivity index (χ3v) is 3.53. The van der Waals surface area contributed by atoms with Gasteiger partial charge in [-0.15, -0.1) is 0 Å². The molecule has 2 rings (SSSR count). The van der Waals surface area contributed by atoms with Crippen molar-refractivity contribution in [2.45, 2.75) is 25.8 Å². The molecule has 0 spiro atoms. The van der Waals surface area contributed by atoms with Gasteiger partial charge in [0.15, 0.2) is 0 Å². The van der Waals surface area contributed by atoms with Crippen LogP contribution in [0.5, 0.6) is 0 Å². The smallest absolute Gasteiger partial charge is 0.315 e. The molecule has 2 N–H and O–H groups in total. The van der Waals surface area contributed by atoms with Crippen molar-refractivity contribution in [3.05, 3.63) is 71.8 Å². The van der Waals surface area contributed by atoms with Crippen LogP contribution < -0.4 is 10.6 Å². The Morgan fingerprint density at radius 1 is 0.952 bits per heavy atom. The molecule has 0 saturated carbocycles. The first kappa shape index (κ1) is 15.1. The lowest BCUT2D eigenvalue weighted by atomic mass is 9.98. The Kier molecular flexibility index (Phi) is 5.83. The van der Waals surface area contributed by atoms with Crippen LogP contribution in [0, 0.1) is 0 Å². The second-order valence-corrected chi connectivity index (χ2v) is 5.20. The fourth-order valence-corrected chi connectivity index (χ4v) is 2.19. The highest BCUT2D eigenvalue weighted by Crippen LogP contribution is 2.17. The lowest BCUT2D eigenvalue weighted by molar-refractivity contribution is 0.240. The van der Waals surface area contributed by atoms with Gasteiger partial charge in [-0.1, -0.05) is 67.6 Å². The van der Waals surface area contributed by atoms with Crippen molar-refractivity contribution in [1.82, 2.24) is 10.6 Å². The topological polar surface area (TPSA) is 41.1 Å².